The molecule has 0 fully saturated rings. The average Bonchev–Trinajstić information content (AvgIpc) is 2.65. The number of hydrogen-bond acceptors (Lipinski definition) is 6. The number of aliphatic hydroxyl groups is 2. The molecule has 0 saturated carbocycles. The van der Waals surface area contributed by atoms with Crippen molar-refractivity contribution in [2.75, 3.05) is 27.9 Å². The fourth-order valence-corrected chi connectivity index (χ4v) is 2.30. The molecule has 6 nitrogen and oxygen atoms in total. The molecule has 0 saturated heterocycles. The minimum Gasteiger partial charge on any atom is -0.497 e. The Morgan fingerprint density at radius 1 is 0.875 bits per heavy atom. The number of aliphatic hydroxyl groups excluding tert-OH is 2. The van der Waals surface area contributed by atoms with Crippen molar-refractivity contribution < 1.29 is 29.2 Å². The van der Waals surface area contributed by atoms with E-state index in [-0.39, 0.29) is 6.61 Å². The summed E-state index contributed by atoms with van der Waals surface area (Å²) in [4.78, 5) is 0. The van der Waals surface area contributed by atoms with Crippen LogP contribution < -0.4 is 18.9 Å². The summed E-state index contributed by atoms with van der Waals surface area (Å²) in [6.07, 6.45) is -1.88. The maximum atomic E-state index is 10.5. The van der Waals surface area contributed by atoms with Crippen LogP contribution >= 0.6 is 0 Å². The number of ether oxygens (including phenoxy) is 4. The minimum absolute atomic E-state index is 0.354. The normalized spacial score (nSPS) is 13.0. The van der Waals surface area contributed by atoms with Crippen LogP contribution in [0.5, 0.6) is 23.0 Å². The molecule has 0 aliphatic heterocycles. The van der Waals surface area contributed by atoms with Gasteiger partial charge in [-0.15, -0.1) is 0 Å². The minimum atomic E-state index is -1.04. The van der Waals surface area contributed by atoms with Gasteiger partial charge in [-0.05, 0) is 29.8 Å². The van der Waals surface area contributed by atoms with Gasteiger partial charge in [0.2, 0.25) is 0 Å². The second-order valence-corrected chi connectivity index (χ2v) is 5.08. The van der Waals surface area contributed by atoms with Gasteiger partial charge in [0.1, 0.15) is 17.6 Å². The predicted molar refractivity (Wildman–Crippen MR) is 89.0 cm³/mol. The van der Waals surface area contributed by atoms with Crippen molar-refractivity contribution in [3.8, 4) is 23.0 Å². The van der Waals surface area contributed by atoms with E-state index in [0.717, 1.165) is 0 Å². The number of methoxy groups -OCH3 is 3. The fraction of sp³-hybridized carbons (Fsp3) is 0.333. The molecule has 0 amide bonds. The highest BCUT2D eigenvalue weighted by molar-refractivity contribution is 5.43. The Morgan fingerprint density at radius 3 is 2.21 bits per heavy atom. The van der Waals surface area contributed by atoms with Gasteiger partial charge in [-0.25, -0.2) is 0 Å². The van der Waals surface area contributed by atoms with E-state index in [2.05, 4.69) is 0 Å². The Hall–Kier alpha value is -2.44. The first-order valence-corrected chi connectivity index (χ1v) is 7.44. The fourth-order valence-electron chi connectivity index (χ4n) is 2.30. The molecule has 24 heavy (non-hydrogen) atoms. The van der Waals surface area contributed by atoms with Crippen LogP contribution in [0.3, 0.4) is 0 Å². The van der Waals surface area contributed by atoms with Crippen molar-refractivity contribution in [3.63, 3.8) is 0 Å². The van der Waals surface area contributed by atoms with Gasteiger partial charge in [0.15, 0.2) is 17.6 Å². The van der Waals surface area contributed by atoms with E-state index in [1.165, 1.54) is 14.2 Å². The molecule has 2 atom stereocenters. The molecule has 2 aromatic rings. The van der Waals surface area contributed by atoms with E-state index in [1.807, 2.05) is 0 Å². The highest BCUT2D eigenvalue weighted by Gasteiger charge is 2.23. The summed E-state index contributed by atoms with van der Waals surface area (Å²) < 4.78 is 21.2. The van der Waals surface area contributed by atoms with Crippen molar-refractivity contribution in [3.05, 3.63) is 48.0 Å². The second-order valence-electron chi connectivity index (χ2n) is 5.08. The van der Waals surface area contributed by atoms with E-state index < -0.39 is 12.2 Å². The van der Waals surface area contributed by atoms with E-state index in [0.29, 0.717) is 28.6 Å². The topological polar surface area (TPSA) is 77.4 Å². The van der Waals surface area contributed by atoms with Crippen molar-refractivity contribution in [2.24, 2.45) is 0 Å². The summed E-state index contributed by atoms with van der Waals surface area (Å²) >= 11 is 0. The summed E-state index contributed by atoms with van der Waals surface area (Å²) in [5.41, 5.74) is 0.551. The Labute approximate surface area is 141 Å². The van der Waals surface area contributed by atoms with E-state index >= 15 is 0 Å². The monoisotopic (exact) mass is 334 g/mol. The van der Waals surface area contributed by atoms with E-state index in [1.54, 1.807) is 49.6 Å². The van der Waals surface area contributed by atoms with Crippen LogP contribution in [0, 0.1) is 0 Å². The summed E-state index contributed by atoms with van der Waals surface area (Å²) in [6.45, 7) is -0.354. The molecule has 2 N–H and O–H groups in total. The zero-order valence-corrected chi connectivity index (χ0v) is 13.9. The SMILES string of the molecule is COc1cccc(OC(CO)C(O)c2ccc(OC)c(OC)c2)c1. The van der Waals surface area contributed by atoms with Crippen LogP contribution in [-0.2, 0) is 0 Å². The van der Waals surface area contributed by atoms with Crippen LogP contribution in [0.1, 0.15) is 11.7 Å². The summed E-state index contributed by atoms with van der Waals surface area (Å²) in [7, 11) is 4.61. The first kappa shape index (κ1) is 17.9. The lowest BCUT2D eigenvalue weighted by atomic mass is 10.0. The maximum Gasteiger partial charge on any atom is 0.161 e. The van der Waals surface area contributed by atoms with Crippen LogP contribution in [0.4, 0.5) is 0 Å². The molecular weight excluding hydrogens is 312 g/mol. The zero-order chi connectivity index (χ0) is 17.5. The van der Waals surface area contributed by atoms with Crippen molar-refractivity contribution in [1.29, 1.82) is 0 Å². The van der Waals surface area contributed by atoms with Gasteiger partial charge in [0, 0.05) is 6.07 Å². The van der Waals surface area contributed by atoms with Gasteiger partial charge in [-0.2, -0.15) is 0 Å². The first-order chi connectivity index (χ1) is 11.6. The Morgan fingerprint density at radius 2 is 1.58 bits per heavy atom. The van der Waals surface area contributed by atoms with Gasteiger partial charge in [0.05, 0.1) is 27.9 Å². The third-order valence-corrected chi connectivity index (χ3v) is 3.61. The van der Waals surface area contributed by atoms with Crippen LogP contribution in [-0.4, -0.2) is 44.3 Å². The van der Waals surface area contributed by atoms with Gasteiger partial charge in [-0.3, -0.25) is 0 Å². The molecular formula is C18H22O6. The lowest BCUT2D eigenvalue weighted by Crippen LogP contribution is -2.29. The number of hydrogen-bond donors (Lipinski definition) is 2. The molecule has 0 bridgehead atoms. The molecule has 2 rings (SSSR count). The van der Waals surface area contributed by atoms with Gasteiger partial charge in [-0.1, -0.05) is 12.1 Å². The Balaban J connectivity index is 2.20. The predicted octanol–water partition coefficient (Wildman–Crippen LogP) is 2.19. The van der Waals surface area contributed by atoms with Crippen LogP contribution in [0.25, 0.3) is 0 Å². The van der Waals surface area contributed by atoms with Gasteiger partial charge in [0.25, 0.3) is 0 Å². The van der Waals surface area contributed by atoms with Crippen LogP contribution in [0.15, 0.2) is 42.5 Å². The largest absolute Gasteiger partial charge is 0.497 e. The zero-order valence-electron chi connectivity index (χ0n) is 13.9. The molecule has 0 spiro atoms. The summed E-state index contributed by atoms with van der Waals surface area (Å²) in [5.74, 6) is 2.17. The third-order valence-electron chi connectivity index (χ3n) is 3.61. The molecule has 0 radical (unpaired) electrons. The van der Waals surface area contributed by atoms with Crippen molar-refractivity contribution in [2.45, 2.75) is 12.2 Å². The third kappa shape index (κ3) is 4.10. The van der Waals surface area contributed by atoms with E-state index in [4.69, 9.17) is 18.9 Å². The van der Waals surface area contributed by atoms with E-state index in [9.17, 15) is 10.2 Å². The molecule has 0 aromatic heterocycles. The lowest BCUT2D eigenvalue weighted by molar-refractivity contribution is 0.000570. The average molecular weight is 334 g/mol. The van der Waals surface area contributed by atoms with Crippen molar-refractivity contribution >= 4 is 0 Å². The summed E-state index contributed by atoms with van der Waals surface area (Å²) in [6, 6.07) is 12.0. The quantitative estimate of drug-likeness (QED) is 0.770. The lowest BCUT2D eigenvalue weighted by Gasteiger charge is -2.23. The molecule has 2 unspecified atom stereocenters. The highest BCUT2D eigenvalue weighted by Crippen LogP contribution is 2.32. The molecule has 0 aliphatic rings. The maximum absolute atomic E-state index is 10.5. The van der Waals surface area contributed by atoms with Crippen LogP contribution in [0.2, 0.25) is 0 Å². The molecule has 0 heterocycles. The molecule has 130 valence electrons. The molecule has 2 aromatic carbocycles. The highest BCUT2D eigenvalue weighted by atomic mass is 16.5. The molecule has 0 aliphatic carbocycles. The van der Waals surface area contributed by atoms with Gasteiger partial charge < -0.3 is 29.2 Å². The smallest absolute Gasteiger partial charge is 0.161 e. The molecule has 6 heteroatoms. The standard InChI is InChI=1S/C18H22O6/c1-21-13-5-4-6-14(10-13)24-17(11-19)18(20)12-7-8-15(22-2)16(9-12)23-3/h4-10,17-20H,11H2,1-3H3. The number of rotatable bonds is 8. The second kappa shape index (κ2) is 8.42. The first-order valence-electron chi connectivity index (χ1n) is 7.44. The Bertz CT molecular complexity index is 658. The summed E-state index contributed by atoms with van der Waals surface area (Å²) in [5, 5.41) is 20.1. The van der Waals surface area contributed by atoms with Crippen molar-refractivity contribution in [1.82, 2.24) is 0 Å². The van der Waals surface area contributed by atoms with Gasteiger partial charge >= 0.3 is 0 Å². The Kier molecular flexibility index (Phi) is 6.28. The number of benzene rings is 2.